The summed E-state index contributed by atoms with van der Waals surface area (Å²) < 4.78 is 0. The molecule has 0 aliphatic heterocycles. The summed E-state index contributed by atoms with van der Waals surface area (Å²) in [7, 11) is 6.00. The molecule has 4 nitrogen and oxygen atoms in total. The van der Waals surface area contributed by atoms with Gasteiger partial charge in [-0.05, 0) is 41.0 Å². The van der Waals surface area contributed by atoms with E-state index in [0.717, 1.165) is 13.0 Å². The van der Waals surface area contributed by atoms with Crippen LogP contribution >= 0.6 is 0 Å². The van der Waals surface area contributed by atoms with Gasteiger partial charge in [0.2, 0.25) is 5.91 Å². The van der Waals surface area contributed by atoms with Gasteiger partial charge in [-0.3, -0.25) is 4.79 Å². The summed E-state index contributed by atoms with van der Waals surface area (Å²) in [5, 5.41) is 0. The lowest BCUT2D eigenvalue weighted by Crippen LogP contribution is -2.10. The molecular formula is C10H25N3O. The third-order valence-electron chi connectivity index (χ3n) is 0.709. The molecule has 0 fully saturated rings. The number of primary amides is 1. The fourth-order valence-electron chi connectivity index (χ4n) is 0. The molecule has 0 unspecified atom stereocenters. The zero-order valence-corrected chi connectivity index (χ0v) is 10.1. The van der Waals surface area contributed by atoms with Gasteiger partial charge in [-0.15, -0.1) is 0 Å². The Morgan fingerprint density at radius 3 is 1.50 bits per heavy atom. The molecule has 0 bridgehead atoms. The van der Waals surface area contributed by atoms with Crippen molar-refractivity contribution in [3.63, 3.8) is 0 Å². The summed E-state index contributed by atoms with van der Waals surface area (Å²) in [5.41, 5.74) is 10.1. The van der Waals surface area contributed by atoms with Gasteiger partial charge in [0.25, 0.3) is 0 Å². The van der Waals surface area contributed by atoms with Crippen molar-refractivity contribution in [1.29, 1.82) is 0 Å². The van der Waals surface area contributed by atoms with E-state index in [1.54, 1.807) is 6.92 Å². The number of carbonyl (C=O) groups excluding carboxylic acids is 1. The largest absolute Gasteiger partial charge is 0.366 e. The van der Waals surface area contributed by atoms with Gasteiger partial charge >= 0.3 is 0 Å². The number of rotatable bonds is 2. The second-order valence-corrected chi connectivity index (χ2v) is 3.27. The van der Waals surface area contributed by atoms with Gasteiger partial charge in [0.05, 0.1) is 0 Å². The van der Waals surface area contributed by atoms with Gasteiger partial charge in [0.1, 0.15) is 0 Å². The van der Waals surface area contributed by atoms with E-state index in [1.807, 2.05) is 26.0 Å². The van der Waals surface area contributed by atoms with Crippen LogP contribution in [-0.4, -0.2) is 38.5 Å². The standard InChI is InChI=1S/C4H7NO.2C3H9N/c1-3(2)4(5)6;1-4(2)3;1-2-3-4/h1H2,2H3,(H2,5,6);1-3H3;2-4H2,1H3. The summed E-state index contributed by atoms with van der Waals surface area (Å²) in [6.45, 7) is 7.73. The van der Waals surface area contributed by atoms with Crippen molar-refractivity contribution < 1.29 is 4.79 Å². The first-order valence-electron chi connectivity index (χ1n) is 4.55. The molecule has 0 radical (unpaired) electrons. The molecule has 0 spiro atoms. The Morgan fingerprint density at radius 2 is 1.50 bits per heavy atom. The average molecular weight is 203 g/mol. The molecule has 0 aromatic rings. The lowest BCUT2D eigenvalue weighted by atomic mass is 10.3. The normalized spacial score (nSPS) is 7.93. The Balaban J connectivity index is -0.000000135. The molecule has 0 aliphatic rings. The van der Waals surface area contributed by atoms with Gasteiger partial charge in [0.15, 0.2) is 0 Å². The summed E-state index contributed by atoms with van der Waals surface area (Å²) in [6.07, 6.45) is 1.10. The van der Waals surface area contributed by atoms with Crippen LogP contribution in [0.1, 0.15) is 20.3 Å². The zero-order valence-electron chi connectivity index (χ0n) is 10.1. The lowest BCUT2D eigenvalue weighted by molar-refractivity contribution is -0.114. The monoisotopic (exact) mass is 203 g/mol. The van der Waals surface area contributed by atoms with E-state index in [-0.39, 0.29) is 0 Å². The molecule has 0 aromatic carbocycles. The average Bonchev–Trinajstić information content (AvgIpc) is 2.03. The Labute approximate surface area is 87.9 Å². The summed E-state index contributed by atoms with van der Waals surface area (Å²) in [6, 6.07) is 0. The van der Waals surface area contributed by atoms with E-state index in [9.17, 15) is 4.79 Å². The van der Waals surface area contributed by atoms with Crippen molar-refractivity contribution in [2.24, 2.45) is 11.5 Å². The highest BCUT2D eigenvalue weighted by molar-refractivity contribution is 5.90. The van der Waals surface area contributed by atoms with Crippen LogP contribution < -0.4 is 11.5 Å². The fourth-order valence-corrected chi connectivity index (χ4v) is 0. The fraction of sp³-hybridized carbons (Fsp3) is 0.700. The second kappa shape index (κ2) is 14.6. The predicted molar refractivity (Wildman–Crippen MR) is 63.0 cm³/mol. The first kappa shape index (κ1) is 18.8. The smallest absolute Gasteiger partial charge is 0.243 e. The van der Waals surface area contributed by atoms with Crippen LogP contribution in [0.4, 0.5) is 0 Å². The molecule has 0 rings (SSSR count). The highest BCUT2D eigenvalue weighted by Gasteiger charge is 1.86. The SMILES string of the molecule is C=C(C)C(N)=O.CCCN.CN(C)C. The third-order valence-corrected chi connectivity index (χ3v) is 0.709. The minimum Gasteiger partial charge on any atom is -0.366 e. The topological polar surface area (TPSA) is 72.3 Å². The van der Waals surface area contributed by atoms with Crippen LogP contribution in [0, 0.1) is 0 Å². The van der Waals surface area contributed by atoms with Crippen molar-refractivity contribution in [2.45, 2.75) is 20.3 Å². The van der Waals surface area contributed by atoms with Crippen LogP contribution in [-0.2, 0) is 4.79 Å². The highest BCUT2D eigenvalue weighted by Crippen LogP contribution is 1.78. The van der Waals surface area contributed by atoms with Gasteiger partial charge in [-0.1, -0.05) is 13.5 Å². The van der Waals surface area contributed by atoms with Crippen LogP contribution in [0.5, 0.6) is 0 Å². The highest BCUT2D eigenvalue weighted by atomic mass is 16.1. The van der Waals surface area contributed by atoms with Crippen LogP contribution in [0.2, 0.25) is 0 Å². The molecule has 0 heterocycles. The van der Waals surface area contributed by atoms with E-state index in [2.05, 4.69) is 13.5 Å². The minimum atomic E-state index is -0.435. The first-order chi connectivity index (χ1) is 6.29. The summed E-state index contributed by atoms with van der Waals surface area (Å²) in [5.74, 6) is -0.435. The molecule has 4 N–H and O–H groups in total. The molecule has 4 heteroatoms. The minimum absolute atomic E-state index is 0.398. The number of amides is 1. The molecule has 14 heavy (non-hydrogen) atoms. The summed E-state index contributed by atoms with van der Waals surface area (Å²) >= 11 is 0. The Kier molecular flexibility index (Phi) is 19.7. The molecule has 0 saturated carbocycles. The molecular weight excluding hydrogens is 178 g/mol. The lowest BCUT2D eigenvalue weighted by Gasteiger charge is -1.90. The van der Waals surface area contributed by atoms with Crippen molar-refractivity contribution in [1.82, 2.24) is 4.90 Å². The number of hydrogen-bond donors (Lipinski definition) is 2. The molecule has 0 atom stereocenters. The first-order valence-corrected chi connectivity index (χ1v) is 4.55. The second-order valence-electron chi connectivity index (χ2n) is 3.27. The van der Waals surface area contributed by atoms with Crippen molar-refractivity contribution in [2.75, 3.05) is 27.7 Å². The number of nitrogens with zero attached hydrogens (tertiary/aromatic N) is 1. The molecule has 1 amide bonds. The van der Waals surface area contributed by atoms with Crippen molar-refractivity contribution >= 4 is 5.91 Å². The van der Waals surface area contributed by atoms with Gasteiger partial charge in [0, 0.05) is 5.57 Å². The Bertz CT molecular complexity index is 128. The van der Waals surface area contributed by atoms with Gasteiger partial charge in [-0.25, -0.2) is 0 Å². The zero-order chi connectivity index (χ0) is 12.1. The third kappa shape index (κ3) is 67.0. The number of hydrogen-bond acceptors (Lipinski definition) is 3. The maximum Gasteiger partial charge on any atom is 0.243 e. The van der Waals surface area contributed by atoms with Crippen molar-refractivity contribution in [3.05, 3.63) is 12.2 Å². The van der Waals surface area contributed by atoms with Gasteiger partial charge < -0.3 is 16.4 Å². The molecule has 0 aliphatic carbocycles. The Hall–Kier alpha value is -0.870. The van der Waals surface area contributed by atoms with Crippen molar-refractivity contribution in [3.8, 4) is 0 Å². The van der Waals surface area contributed by atoms with E-state index >= 15 is 0 Å². The van der Waals surface area contributed by atoms with E-state index in [1.165, 1.54) is 0 Å². The number of nitrogens with two attached hydrogens (primary N) is 2. The quantitative estimate of drug-likeness (QED) is 0.645. The molecule has 86 valence electrons. The van der Waals surface area contributed by atoms with Crippen LogP contribution in [0.25, 0.3) is 0 Å². The Morgan fingerprint density at radius 1 is 1.36 bits per heavy atom. The molecule has 0 aromatic heterocycles. The number of carbonyl (C=O) groups is 1. The van der Waals surface area contributed by atoms with E-state index in [0.29, 0.717) is 5.57 Å². The molecule has 0 saturated heterocycles. The van der Waals surface area contributed by atoms with E-state index < -0.39 is 5.91 Å². The van der Waals surface area contributed by atoms with Crippen LogP contribution in [0.3, 0.4) is 0 Å². The van der Waals surface area contributed by atoms with Gasteiger partial charge in [-0.2, -0.15) is 0 Å². The maximum atomic E-state index is 9.82. The summed E-state index contributed by atoms with van der Waals surface area (Å²) in [4.78, 5) is 11.8. The van der Waals surface area contributed by atoms with Crippen LogP contribution in [0.15, 0.2) is 12.2 Å². The van der Waals surface area contributed by atoms with E-state index in [4.69, 9.17) is 11.5 Å². The predicted octanol–water partition coefficient (Wildman–Crippen LogP) is 0.581. The maximum absolute atomic E-state index is 9.82.